The summed E-state index contributed by atoms with van der Waals surface area (Å²) in [6.07, 6.45) is -1.39. The number of nitrogens with zero attached hydrogens (tertiary/aromatic N) is 2. The molecule has 0 aromatic heterocycles. The van der Waals surface area contributed by atoms with E-state index in [0.29, 0.717) is 17.7 Å². The number of allylic oxidation sites excluding steroid dienone is 1. The van der Waals surface area contributed by atoms with Crippen LogP contribution in [0.3, 0.4) is 0 Å². The van der Waals surface area contributed by atoms with Gasteiger partial charge in [-0.1, -0.05) is 12.1 Å². The van der Waals surface area contributed by atoms with Gasteiger partial charge in [0.1, 0.15) is 0 Å². The maximum atomic E-state index is 12.4. The molecule has 7 heteroatoms. The number of primary amides is 1. The number of carbonyl (C=O) groups is 1. The van der Waals surface area contributed by atoms with Crippen molar-refractivity contribution >= 4 is 12.1 Å². The molecule has 0 unspecified atom stereocenters. The Morgan fingerprint density at radius 2 is 1.95 bits per heavy atom. The monoisotopic (exact) mass is 283 g/mol. The van der Waals surface area contributed by atoms with E-state index in [1.54, 1.807) is 5.01 Å². The van der Waals surface area contributed by atoms with Crippen LogP contribution in [0.25, 0.3) is 0 Å². The molecule has 0 atom stereocenters. The molecule has 1 aliphatic heterocycles. The number of hydrogen-bond donors (Lipinski definition) is 1. The molecule has 0 saturated heterocycles. The topological polar surface area (TPSA) is 58.7 Å². The van der Waals surface area contributed by atoms with Crippen LogP contribution in [0.4, 0.5) is 13.2 Å². The van der Waals surface area contributed by atoms with Crippen molar-refractivity contribution in [2.45, 2.75) is 12.7 Å². The zero-order chi connectivity index (χ0) is 14.8. The first-order valence-electron chi connectivity index (χ1n) is 5.80. The fourth-order valence-electron chi connectivity index (χ4n) is 1.77. The summed E-state index contributed by atoms with van der Waals surface area (Å²) in [6, 6.07) is 4.82. The fraction of sp³-hybridized carbons (Fsp3) is 0.231. The van der Waals surface area contributed by atoms with Gasteiger partial charge in [-0.3, -0.25) is 9.80 Å². The highest BCUT2D eigenvalue weighted by atomic mass is 19.4. The lowest BCUT2D eigenvalue weighted by Crippen LogP contribution is -2.29. The molecule has 0 fully saturated rings. The highest BCUT2D eigenvalue weighted by molar-refractivity contribution is 5.97. The third kappa shape index (κ3) is 3.37. The molecule has 0 spiro atoms. The summed E-state index contributed by atoms with van der Waals surface area (Å²) >= 11 is 0. The highest BCUT2D eigenvalue weighted by Crippen LogP contribution is 2.29. The normalized spacial score (nSPS) is 15.2. The SMILES string of the molecule is NC(=O)C1=CC=NN(Cc2ccc(C(F)(F)F)cc2)C1. The minimum atomic E-state index is -4.34. The van der Waals surface area contributed by atoms with E-state index >= 15 is 0 Å². The molecular weight excluding hydrogens is 271 g/mol. The van der Waals surface area contributed by atoms with E-state index in [0.717, 1.165) is 12.1 Å². The van der Waals surface area contributed by atoms with E-state index < -0.39 is 17.6 Å². The number of carbonyl (C=O) groups excluding carboxylic acids is 1. The molecule has 106 valence electrons. The molecule has 2 N–H and O–H groups in total. The summed E-state index contributed by atoms with van der Waals surface area (Å²) < 4.78 is 37.3. The number of amides is 1. The Morgan fingerprint density at radius 1 is 1.30 bits per heavy atom. The zero-order valence-electron chi connectivity index (χ0n) is 10.4. The van der Waals surface area contributed by atoms with Gasteiger partial charge in [0, 0.05) is 11.8 Å². The second-order valence-corrected chi connectivity index (χ2v) is 4.34. The summed E-state index contributed by atoms with van der Waals surface area (Å²) in [5.41, 5.74) is 5.55. The van der Waals surface area contributed by atoms with Crippen LogP contribution in [-0.2, 0) is 17.5 Å². The van der Waals surface area contributed by atoms with E-state index in [4.69, 9.17) is 5.73 Å². The Bertz CT molecular complexity index is 561. The van der Waals surface area contributed by atoms with Gasteiger partial charge in [-0.15, -0.1) is 0 Å². The van der Waals surface area contributed by atoms with Crippen molar-refractivity contribution in [1.29, 1.82) is 0 Å². The first kappa shape index (κ1) is 14.1. The number of halogens is 3. The molecule has 2 rings (SSSR count). The minimum absolute atomic E-state index is 0.243. The van der Waals surface area contributed by atoms with Gasteiger partial charge in [-0.25, -0.2) is 0 Å². The molecule has 0 aliphatic carbocycles. The molecular formula is C13H12F3N3O. The van der Waals surface area contributed by atoms with Crippen LogP contribution in [0.15, 0.2) is 41.0 Å². The summed E-state index contributed by atoms with van der Waals surface area (Å²) in [5.74, 6) is -0.534. The van der Waals surface area contributed by atoms with Gasteiger partial charge in [0.15, 0.2) is 0 Å². The van der Waals surface area contributed by atoms with Gasteiger partial charge in [0.05, 0.1) is 18.7 Å². The first-order valence-corrected chi connectivity index (χ1v) is 5.80. The molecule has 1 heterocycles. The smallest absolute Gasteiger partial charge is 0.366 e. The summed E-state index contributed by atoms with van der Waals surface area (Å²) in [7, 11) is 0. The number of hydrogen-bond acceptors (Lipinski definition) is 3. The molecule has 0 saturated carbocycles. The molecule has 0 bridgehead atoms. The average Bonchev–Trinajstić information content (AvgIpc) is 2.38. The Morgan fingerprint density at radius 3 is 2.50 bits per heavy atom. The van der Waals surface area contributed by atoms with Crippen molar-refractivity contribution in [2.24, 2.45) is 10.8 Å². The maximum absolute atomic E-state index is 12.4. The summed E-state index contributed by atoms with van der Waals surface area (Å²) in [4.78, 5) is 11.0. The lowest BCUT2D eigenvalue weighted by molar-refractivity contribution is -0.137. The third-order valence-electron chi connectivity index (χ3n) is 2.82. The minimum Gasteiger partial charge on any atom is -0.366 e. The molecule has 1 aromatic rings. The van der Waals surface area contributed by atoms with Gasteiger partial charge in [0.25, 0.3) is 0 Å². The molecule has 1 amide bonds. The van der Waals surface area contributed by atoms with Crippen molar-refractivity contribution in [2.75, 3.05) is 6.54 Å². The Labute approximate surface area is 113 Å². The Balaban J connectivity index is 2.03. The summed E-state index contributed by atoms with van der Waals surface area (Å²) in [6.45, 7) is 0.548. The standard InChI is InChI=1S/C13H12F3N3O/c14-13(15,16)11-3-1-9(2-4-11)7-19-8-10(12(17)20)5-6-18-19/h1-6H,7-8H2,(H2,17,20). The number of alkyl halides is 3. The lowest BCUT2D eigenvalue weighted by Gasteiger charge is -2.22. The molecule has 4 nitrogen and oxygen atoms in total. The van der Waals surface area contributed by atoms with Crippen molar-refractivity contribution in [3.63, 3.8) is 0 Å². The van der Waals surface area contributed by atoms with Gasteiger partial charge >= 0.3 is 6.18 Å². The van der Waals surface area contributed by atoms with Crippen LogP contribution in [0.2, 0.25) is 0 Å². The van der Waals surface area contributed by atoms with Crippen LogP contribution in [-0.4, -0.2) is 23.7 Å². The second kappa shape index (κ2) is 5.36. The number of hydrazone groups is 1. The van der Waals surface area contributed by atoms with Crippen LogP contribution in [0, 0.1) is 0 Å². The van der Waals surface area contributed by atoms with E-state index in [-0.39, 0.29) is 6.54 Å². The predicted octanol–water partition coefficient (Wildman–Crippen LogP) is 1.92. The van der Waals surface area contributed by atoms with Crippen LogP contribution in [0.1, 0.15) is 11.1 Å². The van der Waals surface area contributed by atoms with E-state index in [1.807, 2.05) is 0 Å². The van der Waals surface area contributed by atoms with E-state index in [2.05, 4.69) is 5.10 Å². The van der Waals surface area contributed by atoms with Crippen molar-refractivity contribution < 1.29 is 18.0 Å². The van der Waals surface area contributed by atoms with E-state index in [9.17, 15) is 18.0 Å². The number of nitrogens with two attached hydrogens (primary N) is 1. The fourth-order valence-corrected chi connectivity index (χ4v) is 1.77. The van der Waals surface area contributed by atoms with Crippen molar-refractivity contribution in [3.8, 4) is 0 Å². The van der Waals surface area contributed by atoms with Gasteiger partial charge in [-0.05, 0) is 23.8 Å². The second-order valence-electron chi connectivity index (χ2n) is 4.34. The van der Waals surface area contributed by atoms with Crippen LogP contribution < -0.4 is 5.73 Å². The van der Waals surface area contributed by atoms with Crippen LogP contribution >= 0.6 is 0 Å². The summed E-state index contributed by atoms with van der Waals surface area (Å²) in [5, 5.41) is 5.59. The average molecular weight is 283 g/mol. The molecule has 0 radical (unpaired) electrons. The molecule has 20 heavy (non-hydrogen) atoms. The van der Waals surface area contributed by atoms with Crippen molar-refractivity contribution in [3.05, 3.63) is 47.0 Å². The number of rotatable bonds is 3. The third-order valence-corrected chi connectivity index (χ3v) is 2.82. The van der Waals surface area contributed by atoms with Gasteiger partial charge in [0.2, 0.25) is 5.91 Å². The molecule has 1 aromatic carbocycles. The van der Waals surface area contributed by atoms with Gasteiger partial charge < -0.3 is 5.73 Å². The van der Waals surface area contributed by atoms with Crippen molar-refractivity contribution in [1.82, 2.24) is 5.01 Å². The maximum Gasteiger partial charge on any atom is 0.416 e. The Hall–Kier alpha value is -2.31. The Kier molecular flexibility index (Phi) is 3.78. The first-order chi connectivity index (χ1) is 9.36. The number of benzene rings is 1. The van der Waals surface area contributed by atoms with Gasteiger partial charge in [-0.2, -0.15) is 18.3 Å². The zero-order valence-corrected chi connectivity index (χ0v) is 10.4. The predicted molar refractivity (Wildman–Crippen MR) is 67.6 cm³/mol. The quantitative estimate of drug-likeness (QED) is 0.921. The lowest BCUT2D eigenvalue weighted by atomic mass is 10.1. The van der Waals surface area contributed by atoms with Crippen LogP contribution in [0.5, 0.6) is 0 Å². The highest BCUT2D eigenvalue weighted by Gasteiger charge is 2.30. The molecule has 1 aliphatic rings. The van der Waals surface area contributed by atoms with E-state index in [1.165, 1.54) is 24.4 Å². The largest absolute Gasteiger partial charge is 0.416 e.